The Morgan fingerprint density at radius 1 is 1.17 bits per heavy atom. The van der Waals surface area contributed by atoms with E-state index in [4.69, 9.17) is 0 Å². The number of carbonyl (C=O) groups excluding carboxylic acids is 1. The van der Waals surface area contributed by atoms with Crippen LogP contribution in [0, 0.1) is 5.92 Å². The number of halogens is 3. The van der Waals surface area contributed by atoms with Crippen molar-refractivity contribution < 1.29 is 18.0 Å². The van der Waals surface area contributed by atoms with Gasteiger partial charge in [0.15, 0.2) is 0 Å². The largest absolute Gasteiger partial charge is 0.416 e. The number of hydrogen-bond acceptors (Lipinski definition) is 1. The highest BCUT2D eigenvalue weighted by atomic mass is 19.4. The molecule has 1 fully saturated rings. The Morgan fingerprint density at radius 2 is 1.97 bits per heavy atom. The minimum absolute atomic E-state index is 0.142. The van der Waals surface area contributed by atoms with Gasteiger partial charge >= 0.3 is 6.18 Å². The fourth-order valence-corrected chi connectivity index (χ4v) is 3.72. The molecule has 1 heterocycles. The summed E-state index contributed by atoms with van der Waals surface area (Å²) in [6, 6.07) is 9.28. The van der Waals surface area contributed by atoms with Gasteiger partial charge in [0.05, 0.1) is 12.1 Å². The molecule has 1 aliphatic rings. The van der Waals surface area contributed by atoms with Crippen LogP contribution >= 0.6 is 0 Å². The Morgan fingerprint density at radius 3 is 2.62 bits per heavy atom. The van der Waals surface area contributed by atoms with E-state index in [1.54, 1.807) is 6.07 Å². The van der Waals surface area contributed by atoms with Crippen LogP contribution in [0.2, 0.25) is 0 Å². The van der Waals surface area contributed by atoms with Crippen LogP contribution < -0.4 is 0 Å². The lowest BCUT2D eigenvalue weighted by atomic mass is 9.84. The van der Waals surface area contributed by atoms with Gasteiger partial charge in [-0.1, -0.05) is 38.3 Å². The average Bonchev–Trinajstić information content (AvgIpc) is 3.06. The van der Waals surface area contributed by atoms with Crippen LogP contribution in [-0.2, 0) is 24.1 Å². The summed E-state index contributed by atoms with van der Waals surface area (Å²) in [5.74, 6) is 0.364. The first-order chi connectivity index (χ1) is 13.9. The molecule has 0 atom stereocenters. The summed E-state index contributed by atoms with van der Waals surface area (Å²) in [6.45, 7) is 3.73. The van der Waals surface area contributed by atoms with Crippen molar-refractivity contribution in [1.82, 2.24) is 9.47 Å². The lowest BCUT2D eigenvalue weighted by molar-refractivity contribution is -0.139. The second kappa shape index (κ2) is 9.51. The number of unbranched alkanes of at least 4 members (excludes halogenated alkanes) is 2. The zero-order valence-electron chi connectivity index (χ0n) is 16.9. The van der Waals surface area contributed by atoms with Crippen molar-refractivity contribution in [2.45, 2.75) is 64.7 Å². The Bertz CT molecular complexity index is 808. The number of alkyl halides is 3. The smallest absolute Gasteiger partial charge is 0.345 e. The first kappa shape index (κ1) is 21.5. The van der Waals surface area contributed by atoms with Crippen LogP contribution in [0.3, 0.4) is 0 Å². The Balaban J connectivity index is 1.72. The van der Waals surface area contributed by atoms with E-state index in [9.17, 15) is 18.0 Å². The SMILES string of the molecule is CCCCCN(Cc1cccn1Cc1cccc(C(F)(F)F)c1)C(=O)C1CCC1. The Hall–Kier alpha value is -2.24. The van der Waals surface area contributed by atoms with Crippen LogP contribution in [0.15, 0.2) is 42.6 Å². The molecule has 3 rings (SSSR count). The monoisotopic (exact) mass is 406 g/mol. The molecule has 1 aliphatic carbocycles. The first-order valence-corrected chi connectivity index (χ1v) is 10.5. The fourth-order valence-electron chi connectivity index (χ4n) is 3.72. The van der Waals surface area contributed by atoms with Crippen molar-refractivity contribution in [1.29, 1.82) is 0 Å². The van der Waals surface area contributed by atoms with E-state index in [0.29, 0.717) is 18.7 Å². The van der Waals surface area contributed by atoms with Crippen LogP contribution in [0.25, 0.3) is 0 Å². The molecule has 29 heavy (non-hydrogen) atoms. The summed E-state index contributed by atoms with van der Waals surface area (Å²) >= 11 is 0. The van der Waals surface area contributed by atoms with Crippen molar-refractivity contribution >= 4 is 5.91 Å². The minimum atomic E-state index is -4.35. The van der Waals surface area contributed by atoms with Crippen LogP contribution in [0.4, 0.5) is 13.2 Å². The molecule has 2 aromatic rings. The number of hydrogen-bond donors (Lipinski definition) is 0. The molecule has 6 heteroatoms. The van der Waals surface area contributed by atoms with Crippen LogP contribution in [0.1, 0.15) is 62.3 Å². The summed E-state index contributed by atoms with van der Waals surface area (Å²) in [6.07, 6.45) is 3.72. The zero-order valence-corrected chi connectivity index (χ0v) is 16.9. The van der Waals surface area contributed by atoms with Crippen molar-refractivity contribution in [3.63, 3.8) is 0 Å². The third-order valence-electron chi connectivity index (χ3n) is 5.68. The maximum atomic E-state index is 13.0. The number of aromatic nitrogens is 1. The van der Waals surface area contributed by atoms with Gasteiger partial charge in [-0.05, 0) is 49.1 Å². The van der Waals surface area contributed by atoms with Crippen molar-refractivity contribution in [2.24, 2.45) is 5.92 Å². The maximum absolute atomic E-state index is 13.0. The molecular weight excluding hydrogens is 377 g/mol. The zero-order chi connectivity index (χ0) is 20.9. The highest BCUT2D eigenvalue weighted by molar-refractivity contribution is 5.79. The average molecular weight is 406 g/mol. The minimum Gasteiger partial charge on any atom is -0.345 e. The molecule has 0 spiro atoms. The number of benzene rings is 1. The van der Waals surface area contributed by atoms with Crippen molar-refractivity contribution in [3.8, 4) is 0 Å². The van der Waals surface area contributed by atoms with Gasteiger partial charge in [0.25, 0.3) is 0 Å². The molecule has 0 saturated heterocycles. The predicted octanol–water partition coefficient (Wildman–Crippen LogP) is 5.87. The standard InChI is InChI=1S/C23H29F3N2O/c1-2-3-4-13-28(22(29)19-9-6-10-19)17-21-12-7-14-27(21)16-18-8-5-11-20(15-18)23(24,25)26/h5,7-8,11-12,14-15,19H,2-4,6,9-10,13,16-17H2,1H3. The summed E-state index contributed by atoms with van der Waals surface area (Å²) in [7, 11) is 0. The van der Waals surface area contributed by atoms with Gasteiger partial charge in [-0.3, -0.25) is 4.79 Å². The summed E-state index contributed by atoms with van der Waals surface area (Å²) < 4.78 is 40.9. The van der Waals surface area contributed by atoms with E-state index in [1.165, 1.54) is 12.1 Å². The van der Waals surface area contributed by atoms with E-state index in [-0.39, 0.29) is 11.8 Å². The molecule has 1 saturated carbocycles. The van der Waals surface area contributed by atoms with Gasteiger partial charge in [0.1, 0.15) is 0 Å². The second-order valence-electron chi connectivity index (χ2n) is 7.92. The summed E-state index contributed by atoms with van der Waals surface area (Å²) in [4.78, 5) is 14.8. The topological polar surface area (TPSA) is 25.2 Å². The van der Waals surface area contributed by atoms with E-state index in [0.717, 1.165) is 56.8 Å². The fraction of sp³-hybridized carbons (Fsp3) is 0.522. The van der Waals surface area contributed by atoms with E-state index in [1.807, 2.05) is 27.8 Å². The lowest BCUT2D eigenvalue weighted by Gasteiger charge is -2.32. The van der Waals surface area contributed by atoms with Gasteiger partial charge in [-0.15, -0.1) is 0 Å². The van der Waals surface area contributed by atoms with Gasteiger partial charge in [-0.2, -0.15) is 13.2 Å². The highest BCUT2D eigenvalue weighted by Crippen LogP contribution is 2.30. The Labute approximate surface area is 170 Å². The second-order valence-corrected chi connectivity index (χ2v) is 7.92. The Kier molecular flexibility index (Phi) is 7.04. The first-order valence-electron chi connectivity index (χ1n) is 10.5. The molecule has 0 bridgehead atoms. The van der Waals surface area contributed by atoms with E-state index < -0.39 is 11.7 Å². The number of carbonyl (C=O) groups is 1. The molecular formula is C23H29F3N2O. The number of amides is 1. The summed E-state index contributed by atoms with van der Waals surface area (Å²) in [5.41, 5.74) is 0.914. The van der Waals surface area contributed by atoms with E-state index >= 15 is 0 Å². The molecule has 158 valence electrons. The number of nitrogens with zero attached hydrogens (tertiary/aromatic N) is 2. The van der Waals surface area contributed by atoms with Gasteiger partial charge < -0.3 is 9.47 Å². The van der Waals surface area contributed by atoms with Gasteiger partial charge in [0.2, 0.25) is 5.91 Å². The molecule has 0 N–H and O–H groups in total. The third kappa shape index (κ3) is 5.64. The van der Waals surface area contributed by atoms with Gasteiger partial charge in [-0.25, -0.2) is 0 Å². The normalized spacial score (nSPS) is 14.6. The molecule has 1 aromatic heterocycles. The quantitative estimate of drug-likeness (QED) is 0.478. The molecule has 0 aliphatic heterocycles. The molecule has 1 aromatic carbocycles. The van der Waals surface area contributed by atoms with Crippen molar-refractivity contribution in [2.75, 3.05) is 6.54 Å². The maximum Gasteiger partial charge on any atom is 0.416 e. The summed E-state index contributed by atoms with van der Waals surface area (Å²) in [5, 5.41) is 0. The van der Waals surface area contributed by atoms with E-state index in [2.05, 4.69) is 6.92 Å². The third-order valence-corrected chi connectivity index (χ3v) is 5.68. The highest BCUT2D eigenvalue weighted by Gasteiger charge is 2.31. The lowest BCUT2D eigenvalue weighted by Crippen LogP contribution is -2.39. The van der Waals surface area contributed by atoms with Gasteiger partial charge in [0, 0.05) is 30.9 Å². The number of rotatable bonds is 9. The van der Waals surface area contributed by atoms with Crippen molar-refractivity contribution in [3.05, 3.63) is 59.4 Å². The molecule has 0 radical (unpaired) electrons. The molecule has 3 nitrogen and oxygen atoms in total. The molecule has 1 amide bonds. The molecule has 0 unspecified atom stereocenters. The predicted molar refractivity (Wildman–Crippen MR) is 107 cm³/mol. The van der Waals surface area contributed by atoms with Crippen LogP contribution in [0.5, 0.6) is 0 Å². The van der Waals surface area contributed by atoms with Crippen LogP contribution in [-0.4, -0.2) is 21.9 Å².